The van der Waals surface area contributed by atoms with E-state index in [9.17, 15) is 0 Å². The van der Waals surface area contributed by atoms with E-state index in [1.54, 1.807) is 0 Å². The van der Waals surface area contributed by atoms with E-state index in [0.29, 0.717) is 0 Å². The fourth-order valence-electron chi connectivity index (χ4n) is 1.52. The molecule has 0 aliphatic rings. The van der Waals surface area contributed by atoms with Crippen molar-refractivity contribution >= 4 is 37.5 Å². The Kier molecular flexibility index (Phi) is 4.57. The third-order valence-corrected chi connectivity index (χ3v) is 3.56. The molecule has 0 fully saturated rings. The van der Waals surface area contributed by atoms with Crippen LogP contribution in [0.15, 0.2) is 51.7 Å². The maximum Gasteiger partial charge on any atom is 0.0485 e. The Morgan fingerprint density at radius 1 is 1.06 bits per heavy atom. The molecule has 2 nitrogen and oxygen atoms in total. The largest absolute Gasteiger partial charge is 0.384 e. The maximum absolute atomic E-state index is 4.00. The van der Waals surface area contributed by atoms with Crippen LogP contribution in [0.1, 0.15) is 5.56 Å². The van der Waals surface area contributed by atoms with Gasteiger partial charge in [-0.2, -0.15) is 0 Å². The Hall–Kier alpha value is -0.870. The van der Waals surface area contributed by atoms with Crippen molar-refractivity contribution in [2.45, 2.75) is 6.42 Å². The molecular weight excluding hydrogens is 344 g/mol. The molecule has 2 rings (SSSR count). The first-order chi connectivity index (χ1) is 8.25. The van der Waals surface area contributed by atoms with E-state index < -0.39 is 0 Å². The molecule has 1 aromatic carbocycles. The first-order valence-corrected chi connectivity index (χ1v) is 6.92. The lowest BCUT2D eigenvalue weighted by Gasteiger charge is -2.08. The minimum Gasteiger partial charge on any atom is -0.384 e. The van der Waals surface area contributed by atoms with Crippen LogP contribution in [0.3, 0.4) is 0 Å². The average Bonchev–Trinajstić information content (AvgIpc) is 2.33. The van der Waals surface area contributed by atoms with E-state index in [2.05, 4.69) is 48.2 Å². The summed E-state index contributed by atoms with van der Waals surface area (Å²) in [6, 6.07) is 10.2. The van der Waals surface area contributed by atoms with Gasteiger partial charge in [0.15, 0.2) is 0 Å². The predicted molar refractivity (Wildman–Crippen MR) is 78.3 cm³/mol. The predicted octanol–water partition coefficient (Wildman–Crippen LogP) is 4.26. The maximum atomic E-state index is 4.00. The molecule has 1 heterocycles. The third-order valence-electron chi connectivity index (χ3n) is 2.41. The van der Waals surface area contributed by atoms with Crippen molar-refractivity contribution in [3.8, 4) is 0 Å². The minimum absolute atomic E-state index is 0.907. The Bertz CT molecular complexity index is 486. The SMILES string of the molecule is Brc1ccc(NCCc2ccncc2)c(Br)c1. The van der Waals surface area contributed by atoms with Crippen LogP contribution < -0.4 is 5.32 Å². The number of hydrogen-bond acceptors (Lipinski definition) is 2. The molecule has 0 radical (unpaired) electrons. The smallest absolute Gasteiger partial charge is 0.0485 e. The van der Waals surface area contributed by atoms with Crippen molar-refractivity contribution in [2.24, 2.45) is 0 Å². The lowest BCUT2D eigenvalue weighted by atomic mass is 10.2. The number of nitrogens with zero attached hydrogens (tertiary/aromatic N) is 1. The minimum atomic E-state index is 0.907. The van der Waals surface area contributed by atoms with Gasteiger partial charge >= 0.3 is 0 Å². The Labute approximate surface area is 118 Å². The van der Waals surface area contributed by atoms with Crippen LogP contribution in [0.5, 0.6) is 0 Å². The summed E-state index contributed by atoms with van der Waals surface area (Å²) in [4.78, 5) is 4.00. The van der Waals surface area contributed by atoms with Gasteiger partial charge in [0.2, 0.25) is 0 Å². The van der Waals surface area contributed by atoms with Crippen LogP contribution >= 0.6 is 31.9 Å². The summed E-state index contributed by atoms with van der Waals surface area (Å²) in [5.74, 6) is 0. The number of aromatic nitrogens is 1. The zero-order chi connectivity index (χ0) is 12.1. The van der Waals surface area contributed by atoms with Gasteiger partial charge in [-0.05, 0) is 58.2 Å². The monoisotopic (exact) mass is 354 g/mol. The van der Waals surface area contributed by atoms with E-state index in [1.165, 1.54) is 5.56 Å². The zero-order valence-electron chi connectivity index (χ0n) is 9.16. The van der Waals surface area contributed by atoms with Crippen molar-refractivity contribution in [1.29, 1.82) is 0 Å². The first kappa shape index (κ1) is 12.6. The van der Waals surface area contributed by atoms with Gasteiger partial charge in [0.05, 0.1) is 0 Å². The number of hydrogen-bond donors (Lipinski definition) is 1. The molecule has 0 unspecified atom stereocenters. The number of rotatable bonds is 4. The number of anilines is 1. The Morgan fingerprint density at radius 2 is 1.82 bits per heavy atom. The molecule has 0 atom stereocenters. The van der Waals surface area contributed by atoms with Crippen LogP contribution in [-0.2, 0) is 6.42 Å². The summed E-state index contributed by atoms with van der Waals surface area (Å²) in [5, 5.41) is 3.40. The molecule has 0 bridgehead atoms. The lowest BCUT2D eigenvalue weighted by Crippen LogP contribution is -2.05. The standard InChI is InChI=1S/C13H12Br2N2/c14-11-1-2-13(12(15)9-11)17-8-5-10-3-6-16-7-4-10/h1-4,6-7,9,17H,5,8H2. The first-order valence-electron chi connectivity index (χ1n) is 5.33. The van der Waals surface area contributed by atoms with Gasteiger partial charge in [0, 0.05) is 33.6 Å². The van der Waals surface area contributed by atoms with E-state index in [4.69, 9.17) is 0 Å². The second kappa shape index (κ2) is 6.17. The van der Waals surface area contributed by atoms with Gasteiger partial charge in [0.25, 0.3) is 0 Å². The highest BCUT2D eigenvalue weighted by Crippen LogP contribution is 2.25. The zero-order valence-corrected chi connectivity index (χ0v) is 12.3. The summed E-state index contributed by atoms with van der Waals surface area (Å²) >= 11 is 6.97. The quantitative estimate of drug-likeness (QED) is 0.886. The van der Waals surface area contributed by atoms with Crippen LogP contribution in [0.2, 0.25) is 0 Å². The molecular formula is C13H12Br2N2. The summed E-state index contributed by atoms with van der Waals surface area (Å²) in [6.07, 6.45) is 4.64. The third kappa shape index (κ3) is 3.82. The van der Waals surface area contributed by atoms with E-state index in [1.807, 2.05) is 36.7 Å². The lowest BCUT2D eigenvalue weighted by molar-refractivity contribution is 1.01. The Balaban J connectivity index is 1.90. The van der Waals surface area contributed by atoms with Gasteiger partial charge in [-0.3, -0.25) is 4.98 Å². The highest BCUT2D eigenvalue weighted by Gasteiger charge is 1.99. The molecule has 1 N–H and O–H groups in total. The van der Waals surface area contributed by atoms with Crippen molar-refractivity contribution in [1.82, 2.24) is 4.98 Å². The Morgan fingerprint density at radius 3 is 2.53 bits per heavy atom. The summed E-state index contributed by atoms with van der Waals surface area (Å²) in [7, 11) is 0. The number of nitrogens with one attached hydrogen (secondary N) is 1. The highest BCUT2D eigenvalue weighted by atomic mass is 79.9. The molecule has 0 spiro atoms. The fraction of sp³-hybridized carbons (Fsp3) is 0.154. The summed E-state index contributed by atoms with van der Waals surface area (Å²) in [5.41, 5.74) is 2.41. The molecule has 17 heavy (non-hydrogen) atoms. The highest BCUT2D eigenvalue weighted by molar-refractivity contribution is 9.11. The second-order valence-electron chi connectivity index (χ2n) is 3.66. The summed E-state index contributed by atoms with van der Waals surface area (Å²) in [6.45, 7) is 0.907. The fourth-order valence-corrected chi connectivity index (χ4v) is 2.71. The molecule has 0 amide bonds. The molecule has 4 heteroatoms. The molecule has 88 valence electrons. The van der Waals surface area contributed by atoms with Crippen LogP contribution in [0, 0.1) is 0 Å². The average molecular weight is 356 g/mol. The molecule has 0 aliphatic heterocycles. The van der Waals surface area contributed by atoms with E-state index in [-0.39, 0.29) is 0 Å². The molecule has 0 saturated carbocycles. The number of pyridine rings is 1. The van der Waals surface area contributed by atoms with E-state index >= 15 is 0 Å². The van der Waals surface area contributed by atoms with Crippen molar-refractivity contribution in [3.05, 3.63) is 57.2 Å². The van der Waals surface area contributed by atoms with E-state index in [0.717, 1.165) is 27.6 Å². The number of halogens is 2. The van der Waals surface area contributed by atoms with Crippen molar-refractivity contribution < 1.29 is 0 Å². The van der Waals surface area contributed by atoms with Gasteiger partial charge in [-0.25, -0.2) is 0 Å². The molecule has 0 aliphatic carbocycles. The normalized spacial score (nSPS) is 10.2. The molecule has 1 aromatic heterocycles. The van der Waals surface area contributed by atoms with Crippen LogP contribution in [0.25, 0.3) is 0 Å². The van der Waals surface area contributed by atoms with Crippen LogP contribution in [0.4, 0.5) is 5.69 Å². The number of benzene rings is 1. The van der Waals surface area contributed by atoms with Gasteiger partial charge in [-0.1, -0.05) is 15.9 Å². The molecule has 0 saturated heterocycles. The van der Waals surface area contributed by atoms with Gasteiger partial charge < -0.3 is 5.32 Å². The van der Waals surface area contributed by atoms with Gasteiger partial charge in [-0.15, -0.1) is 0 Å². The summed E-state index contributed by atoms with van der Waals surface area (Å²) < 4.78 is 2.14. The van der Waals surface area contributed by atoms with Crippen LogP contribution in [-0.4, -0.2) is 11.5 Å². The molecule has 2 aromatic rings. The topological polar surface area (TPSA) is 24.9 Å². The van der Waals surface area contributed by atoms with Crippen molar-refractivity contribution in [2.75, 3.05) is 11.9 Å². The van der Waals surface area contributed by atoms with Crippen molar-refractivity contribution in [3.63, 3.8) is 0 Å². The van der Waals surface area contributed by atoms with Gasteiger partial charge in [0.1, 0.15) is 0 Å². The second-order valence-corrected chi connectivity index (χ2v) is 5.43.